The lowest BCUT2D eigenvalue weighted by Gasteiger charge is -2.25. The SMILES string of the molecule is CCC1(c2ccccc2F)COC(=O)N1. The number of carbonyl (C=O) groups excluding carboxylic acids is 1. The molecule has 0 bridgehead atoms. The van der Waals surface area contributed by atoms with Gasteiger partial charge in [-0.25, -0.2) is 9.18 Å². The third-order valence-corrected chi connectivity index (χ3v) is 2.78. The van der Waals surface area contributed by atoms with Crippen molar-refractivity contribution in [2.45, 2.75) is 18.9 Å². The van der Waals surface area contributed by atoms with Gasteiger partial charge in [-0.05, 0) is 12.5 Å². The monoisotopic (exact) mass is 209 g/mol. The van der Waals surface area contributed by atoms with Crippen molar-refractivity contribution in [3.63, 3.8) is 0 Å². The zero-order chi connectivity index (χ0) is 10.9. The van der Waals surface area contributed by atoms with Crippen molar-refractivity contribution in [1.82, 2.24) is 5.32 Å². The summed E-state index contributed by atoms with van der Waals surface area (Å²) in [7, 11) is 0. The molecule has 1 saturated heterocycles. The third kappa shape index (κ3) is 1.56. The Bertz CT molecular complexity index is 394. The average Bonchev–Trinajstić information content (AvgIpc) is 2.62. The van der Waals surface area contributed by atoms with Crippen LogP contribution >= 0.6 is 0 Å². The Morgan fingerprint density at radius 3 is 2.80 bits per heavy atom. The minimum Gasteiger partial charge on any atom is -0.447 e. The van der Waals surface area contributed by atoms with Crippen molar-refractivity contribution in [2.75, 3.05) is 6.61 Å². The first-order valence-corrected chi connectivity index (χ1v) is 4.88. The smallest absolute Gasteiger partial charge is 0.408 e. The molecule has 1 aromatic rings. The molecule has 1 atom stereocenters. The molecule has 0 saturated carbocycles. The molecule has 1 aliphatic rings. The Kier molecular flexibility index (Phi) is 2.34. The van der Waals surface area contributed by atoms with Gasteiger partial charge >= 0.3 is 6.09 Å². The topological polar surface area (TPSA) is 38.3 Å². The minimum atomic E-state index is -0.706. The molecule has 15 heavy (non-hydrogen) atoms. The number of ether oxygens (including phenoxy) is 1. The fraction of sp³-hybridized carbons (Fsp3) is 0.364. The zero-order valence-corrected chi connectivity index (χ0v) is 8.42. The van der Waals surface area contributed by atoms with Crippen LogP contribution in [-0.2, 0) is 10.3 Å². The Balaban J connectivity index is 2.43. The maximum atomic E-state index is 13.6. The molecular weight excluding hydrogens is 197 g/mol. The Labute approximate surface area is 87.2 Å². The summed E-state index contributed by atoms with van der Waals surface area (Å²) in [5, 5.41) is 2.67. The van der Waals surface area contributed by atoms with Crippen LogP contribution in [0.2, 0.25) is 0 Å². The van der Waals surface area contributed by atoms with Gasteiger partial charge in [-0.1, -0.05) is 25.1 Å². The number of halogens is 1. The van der Waals surface area contributed by atoms with Gasteiger partial charge in [-0.15, -0.1) is 0 Å². The number of amides is 1. The summed E-state index contributed by atoms with van der Waals surface area (Å²) in [6.07, 6.45) is 0.111. The number of alkyl carbamates (subject to hydrolysis) is 1. The van der Waals surface area contributed by atoms with Crippen molar-refractivity contribution in [2.24, 2.45) is 0 Å². The van der Waals surface area contributed by atoms with Gasteiger partial charge < -0.3 is 10.1 Å². The highest BCUT2D eigenvalue weighted by molar-refractivity contribution is 5.71. The molecule has 0 spiro atoms. The molecule has 1 N–H and O–H groups in total. The summed E-state index contributed by atoms with van der Waals surface area (Å²) in [5.41, 5.74) is -0.221. The van der Waals surface area contributed by atoms with E-state index in [-0.39, 0.29) is 12.4 Å². The molecule has 4 heteroatoms. The molecule has 1 aliphatic heterocycles. The van der Waals surface area contributed by atoms with E-state index in [1.807, 2.05) is 6.92 Å². The number of benzene rings is 1. The van der Waals surface area contributed by atoms with Crippen LogP contribution in [0.5, 0.6) is 0 Å². The van der Waals surface area contributed by atoms with Gasteiger partial charge in [0.05, 0.1) is 0 Å². The molecular formula is C11H12FNO2. The highest BCUT2D eigenvalue weighted by Crippen LogP contribution is 2.30. The standard InChI is InChI=1S/C11H12FNO2/c1-2-11(7-15-10(14)13-11)8-5-3-4-6-9(8)12/h3-6H,2,7H2,1H3,(H,13,14). The van der Waals surface area contributed by atoms with E-state index >= 15 is 0 Å². The quantitative estimate of drug-likeness (QED) is 0.810. The highest BCUT2D eigenvalue weighted by Gasteiger charge is 2.41. The van der Waals surface area contributed by atoms with E-state index in [4.69, 9.17) is 4.74 Å². The molecule has 3 nitrogen and oxygen atoms in total. The molecule has 0 radical (unpaired) electrons. The van der Waals surface area contributed by atoms with E-state index in [1.54, 1.807) is 18.2 Å². The van der Waals surface area contributed by atoms with Crippen LogP contribution in [0.1, 0.15) is 18.9 Å². The summed E-state index contributed by atoms with van der Waals surface area (Å²) in [6, 6.07) is 6.44. The first-order valence-electron chi connectivity index (χ1n) is 4.88. The van der Waals surface area contributed by atoms with E-state index in [2.05, 4.69) is 5.32 Å². The Hall–Kier alpha value is -1.58. The van der Waals surface area contributed by atoms with E-state index in [1.165, 1.54) is 6.07 Å². The summed E-state index contributed by atoms with van der Waals surface area (Å²) in [6.45, 7) is 2.07. The van der Waals surface area contributed by atoms with Gasteiger partial charge in [0.2, 0.25) is 0 Å². The molecule has 2 rings (SSSR count). The van der Waals surface area contributed by atoms with Crippen molar-refractivity contribution in [3.05, 3.63) is 35.6 Å². The number of hydrogen-bond acceptors (Lipinski definition) is 2. The van der Waals surface area contributed by atoms with Crippen LogP contribution in [0.15, 0.2) is 24.3 Å². The molecule has 80 valence electrons. The molecule has 0 aliphatic carbocycles. The molecule has 1 unspecified atom stereocenters. The van der Waals surface area contributed by atoms with E-state index in [0.717, 1.165) is 0 Å². The maximum Gasteiger partial charge on any atom is 0.408 e. The van der Waals surface area contributed by atoms with Crippen LogP contribution in [0.4, 0.5) is 9.18 Å². The number of carbonyl (C=O) groups is 1. The average molecular weight is 209 g/mol. The highest BCUT2D eigenvalue weighted by atomic mass is 19.1. The Morgan fingerprint density at radius 2 is 2.27 bits per heavy atom. The fourth-order valence-electron chi connectivity index (χ4n) is 1.83. The number of rotatable bonds is 2. The first kappa shape index (κ1) is 9.96. The fourth-order valence-corrected chi connectivity index (χ4v) is 1.83. The maximum absolute atomic E-state index is 13.6. The van der Waals surface area contributed by atoms with Gasteiger partial charge in [0, 0.05) is 5.56 Å². The zero-order valence-electron chi connectivity index (χ0n) is 8.42. The van der Waals surface area contributed by atoms with Crippen molar-refractivity contribution < 1.29 is 13.9 Å². The summed E-state index contributed by atoms with van der Waals surface area (Å²) in [5.74, 6) is -0.315. The van der Waals surface area contributed by atoms with Crippen molar-refractivity contribution >= 4 is 6.09 Å². The third-order valence-electron chi connectivity index (χ3n) is 2.78. The summed E-state index contributed by atoms with van der Waals surface area (Å²) in [4.78, 5) is 11.0. The van der Waals surface area contributed by atoms with Crippen molar-refractivity contribution in [1.29, 1.82) is 0 Å². The van der Waals surface area contributed by atoms with Crippen LogP contribution in [0, 0.1) is 5.82 Å². The van der Waals surface area contributed by atoms with Gasteiger partial charge in [0.1, 0.15) is 18.0 Å². The lowest BCUT2D eigenvalue weighted by atomic mass is 9.88. The number of hydrogen-bond donors (Lipinski definition) is 1. The number of nitrogens with one attached hydrogen (secondary N) is 1. The predicted octanol–water partition coefficient (Wildman–Crippen LogP) is 2.17. The van der Waals surface area contributed by atoms with Gasteiger partial charge in [-0.2, -0.15) is 0 Å². The molecule has 1 aromatic carbocycles. The summed E-state index contributed by atoms with van der Waals surface area (Å²) < 4.78 is 18.4. The van der Waals surface area contributed by atoms with Gasteiger partial charge in [-0.3, -0.25) is 0 Å². The van der Waals surface area contributed by atoms with Crippen LogP contribution < -0.4 is 5.32 Å². The second-order valence-corrected chi connectivity index (χ2v) is 3.62. The first-order chi connectivity index (χ1) is 7.18. The van der Waals surface area contributed by atoms with Gasteiger partial charge in [0.15, 0.2) is 0 Å². The minimum absolute atomic E-state index is 0.184. The van der Waals surface area contributed by atoms with Crippen molar-refractivity contribution in [3.8, 4) is 0 Å². The molecule has 1 heterocycles. The number of cyclic esters (lactones) is 1. The van der Waals surface area contributed by atoms with E-state index in [9.17, 15) is 9.18 Å². The van der Waals surface area contributed by atoms with E-state index < -0.39 is 11.6 Å². The van der Waals surface area contributed by atoms with E-state index in [0.29, 0.717) is 12.0 Å². The second kappa shape index (κ2) is 3.53. The largest absolute Gasteiger partial charge is 0.447 e. The van der Waals surface area contributed by atoms with Crippen LogP contribution in [-0.4, -0.2) is 12.7 Å². The molecule has 1 amide bonds. The van der Waals surface area contributed by atoms with Crippen LogP contribution in [0.25, 0.3) is 0 Å². The lowest BCUT2D eigenvalue weighted by Crippen LogP contribution is -2.40. The molecule has 1 fully saturated rings. The van der Waals surface area contributed by atoms with Gasteiger partial charge in [0.25, 0.3) is 0 Å². The normalized spacial score (nSPS) is 24.8. The lowest BCUT2D eigenvalue weighted by molar-refractivity contribution is 0.171. The Morgan fingerprint density at radius 1 is 1.53 bits per heavy atom. The van der Waals surface area contributed by atoms with Crippen LogP contribution in [0.3, 0.4) is 0 Å². The summed E-state index contributed by atoms with van der Waals surface area (Å²) >= 11 is 0. The second-order valence-electron chi connectivity index (χ2n) is 3.62. The molecule has 0 aromatic heterocycles. The predicted molar refractivity (Wildman–Crippen MR) is 52.9 cm³/mol.